The lowest BCUT2D eigenvalue weighted by Crippen LogP contribution is -2.53. The van der Waals surface area contributed by atoms with Crippen LogP contribution in [0.2, 0.25) is 0 Å². The van der Waals surface area contributed by atoms with Crippen LogP contribution in [0, 0.1) is 5.41 Å². The zero-order valence-corrected chi connectivity index (χ0v) is 13.6. The zero-order valence-electron chi connectivity index (χ0n) is 12.8. The first kappa shape index (κ1) is 16.4. The molecular weight excluding hydrogens is 292 g/mol. The topological polar surface area (TPSA) is 90.5 Å². The largest absolute Gasteiger partial charge is 0.383 e. The molecule has 1 aromatic heterocycles. The fraction of sp³-hybridized carbons (Fsp3) is 0.769. The van der Waals surface area contributed by atoms with Crippen molar-refractivity contribution in [1.29, 1.82) is 0 Å². The summed E-state index contributed by atoms with van der Waals surface area (Å²) in [4.78, 5) is 0.227. The Morgan fingerprint density at radius 3 is 2.86 bits per heavy atom. The Balaban J connectivity index is 2.16. The Labute approximate surface area is 126 Å². The molecule has 0 saturated carbocycles. The van der Waals surface area contributed by atoms with Crippen molar-refractivity contribution in [2.75, 3.05) is 26.8 Å². The number of hydrogen-bond acceptors (Lipinski definition) is 5. The van der Waals surface area contributed by atoms with Crippen molar-refractivity contribution in [3.8, 4) is 0 Å². The van der Waals surface area contributed by atoms with Crippen LogP contribution in [-0.4, -0.2) is 55.4 Å². The normalized spacial score (nSPS) is 23.3. The van der Waals surface area contributed by atoms with Crippen molar-refractivity contribution in [1.82, 2.24) is 14.1 Å². The minimum absolute atomic E-state index is 0.0216. The highest BCUT2D eigenvalue weighted by Gasteiger charge is 2.39. The van der Waals surface area contributed by atoms with Gasteiger partial charge in [0, 0.05) is 32.4 Å². The van der Waals surface area contributed by atoms with E-state index in [0.717, 1.165) is 0 Å². The van der Waals surface area contributed by atoms with Gasteiger partial charge >= 0.3 is 0 Å². The van der Waals surface area contributed by atoms with Gasteiger partial charge in [0.05, 0.1) is 19.3 Å². The molecule has 0 aliphatic carbocycles. The van der Waals surface area contributed by atoms with Crippen LogP contribution in [0.15, 0.2) is 17.3 Å². The number of aromatic nitrogens is 2. The number of hydrogen-bond donors (Lipinski definition) is 1. The highest BCUT2D eigenvalue weighted by atomic mass is 32.2. The van der Waals surface area contributed by atoms with Gasteiger partial charge in [-0.15, -0.1) is 0 Å². The van der Waals surface area contributed by atoms with Crippen molar-refractivity contribution >= 4 is 10.0 Å². The molecule has 1 fully saturated rings. The number of nitrogens with two attached hydrogens (primary N) is 1. The molecule has 1 saturated heterocycles. The van der Waals surface area contributed by atoms with E-state index >= 15 is 0 Å². The first-order valence-electron chi connectivity index (χ1n) is 7.04. The fourth-order valence-corrected chi connectivity index (χ4v) is 4.05. The SMILES string of the molecule is COCCn1cc(S(=O)(=O)N2CCC(N)C(C)(C)C2)cn1. The van der Waals surface area contributed by atoms with Gasteiger partial charge < -0.3 is 10.5 Å². The minimum atomic E-state index is -3.51. The average Bonchev–Trinajstić information content (AvgIpc) is 2.88. The summed E-state index contributed by atoms with van der Waals surface area (Å²) in [5, 5.41) is 4.07. The van der Waals surface area contributed by atoms with Crippen LogP contribution in [-0.2, 0) is 21.3 Å². The highest BCUT2D eigenvalue weighted by molar-refractivity contribution is 7.89. The van der Waals surface area contributed by atoms with E-state index in [1.807, 2.05) is 13.8 Å². The van der Waals surface area contributed by atoms with Crippen molar-refractivity contribution in [3.05, 3.63) is 12.4 Å². The molecule has 120 valence electrons. The Hall–Kier alpha value is -0.960. The maximum absolute atomic E-state index is 12.7. The fourth-order valence-electron chi connectivity index (χ4n) is 2.46. The van der Waals surface area contributed by atoms with Crippen LogP contribution < -0.4 is 5.73 Å². The lowest BCUT2D eigenvalue weighted by Gasteiger charge is -2.41. The molecule has 1 unspecified atom stereocenters. The van der Waals surface area contributed by atoms with E-state index in [0.29, 0.717) is 32.7 Å². The van der Waals surface area contributed by atoms with E-state index < -0.39 is 10.0 Å². The van der Waals surface area contributed by atoms with Crippen LogP contribution in [0.25, 0.3) is 0 Å². The van der Waals surface area contributed by atoms with E-state index in [9.17, 15) is 8.42 Å². The molecule has 7 nitrogen and oxygen atoms in total. The maximum atomic E-state index is 12.7. The van der Waals surface area contributed by atoms with E-state index in [-0.39, 0.29) is 16.4 Å². The highest BCUT2D eigenvalue weighted by Crippen LogP contribution is 2.31. The Bertz CT molecular complexity index is 582. The predicted octanol–water partition coefficient (Wildman–Crippen LogP) is 0.277. The third-order valence-electron chi connectivity index (χ3n) is 4.05. The Kier molecular flexibility index (Phi) is 4.72. The van der Waals surface area contributed by atoms with Crippen molar-refractivity contribution < 1.29 is 13.2 Å². The summed E-state index contributed by atoms with van der Waals surface area (Å²) in [6.45, 7) is 5.91. The number of ether oxygens (including phenoxy) is 1. The Morgan fingerprint density at radius 1 is 1.52 bits per heavy atom. The van der Waals surface area contributed by atoms with Gasteiger partial charge in [0.25, 0.3) is 0 Å². The number of sulfonamides is 1. The first-order chi connectivity index (χ1) is 9.77. The van der Waals surface area contributed by atoms with Gasteiger partial charge in [-0.25, -0.2) is 8.42 Å². The summed E-state index contributed by atoms with van der Waals surface area (Å²) >= 11 is 0. The van der Waals surface area contributed by atoms with Gasteiger partial charge in [-0.1, -0.05) is 13.8 Å². The number of methoxy groups -OCH3 is 1. The van der Waals surface area contributed by atoms with Gasteiger partial charge in [0.1, 0.15) is 4.90 Å². The van der Waals surface area contributed by atoms with E-state index in [2.05, 4.69) is 5.10 Å². The van der Waals surface area contributed by atoms with Crippen LogP contribution >= 0.6 is 0 Å². The van der Waals surface area contributed by atoms with Gasteiger partial charge in [-0.05, 0) is 11.8 Å². The maximum Gasteiger partial charge on any atom is 0.246 e. The second kappa shape index (κ2) is 6.04. The number of rotatable bonds is 5. The number of nitrogens with zero attached hydrogens (tertiary/aromatic N) is 3. The summed E-state index contributed by atoms with van der Waals surface area (Å²) < 4.78 is 33.4. The van der Waals surface area contributed by atoms with Gasteiger partial charge in [0.15, 0.2) is 0 Å². The van der Waals surface area contributed by atoms with E-state index in [1.54, 1.807) is 18.0 Å². The summed E-state index contributed by atoms with van der Waals surface area (Å²) in [7, 11) is -1.91. The monoisotopic (exact) mass is 316 g/mol. The van der Waals surface area contributed by atoms with Gasteiger partial charge in [0.2, 0.25) is 10.0 Å². The molecule has 2 N–H and O–H groups in total. The second-order valence-electron chi connectivity index (χ2n) is 6.15. The quantitative estimate of drug-likeness (QED) is 0.842. The van der Waals surface area contributed by atoms with E-state index in [1.165, 1.54) is 10.5 Å². The van der Waals surface area contributed by atoms with Crippen LogP contribution in [0.1, 0.15) is 20.3 Å². The molecule has 2 heterocycles. The molecule has 1 aromatic rings. The third kappa shape index (κ3) is 3.45. The molecule has 0 bridgehead atoms. The summed E-state index contributed by atoms with van der Waals surface area (Å²) in [6.07, 6.45) is 3.62. The second-order valence-corrected chi connectivity index (χ2v) is 8.09. The molecule has 0 spiro atoms. The van der Waals surface area contributed by atoms with Crippen molar-refractivity contribution in [2.24, 2.45) is 11.1 Å². The molecule has 8 heteroatoms. The molecule has 0 radical (unpaired) electrons. The first-order valence-corrected chi connectivity index (χ1v) is 8.48. The smallest absolute Gasteiger partial charge is 0.246 e. The number of piperidine rings is 1. The standard InChI is InChI=1S/C13H24N4O3S/c1-13(2)10-17(5-4-12(13)14)21(18,19)11-8-15-16(9-11)6-7-20-3/h8-9,12H,4-7,10,14H2,1-3H3. The molecule has 0 amide bonds. The van der Waals surface area contributed by atoms with Crippen LogP contribution in [0.4, 0.5) is 0 Å². The van der Waals surface area contributed by atoms with Crippen LogP contribution in [0.5, 0.6) is 0 Å². The molecule has 1 aliphatic heterocycles. The van der Waals surface area contributed by atoms with E-state index in [4.69, 9.17) is 10.5 Å². The lowest BCUT2D eigenvalue weighted by molar-refractivity contribution is 0.155. The van der Waals surface area contributed by atoms with Crippen molar-refractivity contribution in [2.45, 2.75) is 37.8 Å². The lowest BCUT2D eigenvalue weighted by atomic mass is 9.81. The molecule has 0 aromatic carbocycles. The zero-order chi connectivity index (χ0) is 15.7. The van der Waals surface area contributed by atoms with Crippen LogP contribution in [0.3, 0.4) is 0 Å². The molecule has 1 aliphatic rings. The average molecular weight is 316 g/mol. The third-order valence-corrected chi connectivity index (χ3v) is 5.85. The molecule has 21 heavy (non-hydrogen) atoms. The summed E-state index contributed by atoms with van der Waals surface area (Å²) in [5.74, 6) is 0. The van der Waals surface area contributed by atoms with Gasteiger partial charge in [-0.2, -0.15) is 9.40 Å². The summed E-state index contributed by atoms with van der Waals surface area (Å²) in [5.41, 5.74) is 5.84. The van der Waals surface area contributed by atoms with Gasteiger partial charge in [-0.3, -0.25) is 4.68 Å². The Morgan fingerprint density at radius 2 is 2.24 bits per heavy atom. The molecule has 2 rings (SSSR count). The molecular formula is C13H24N4O3S. The predicted molar refractivity (Wildman–Crippen MR) is 79.2 cm³/mol. The summed E-state index contributed by atoms with van der Waals surface area (Å²) in [6, 6.07) is 0.0216. The van der Waals surface area contributed by atoms with Crippen molar-refractivity contribution in [3.63, 3.8) is 0 Å². The minimum Gasteiger partial charge on any atom is -0.383 e. The molecule has 1 atom stereocenters.